The lowest BCUT2D eigenvalue weighted by molar-refractivity contribution is -0.137. The number of amides is 1. The van der Waals surface area contributed by atoms with E-state index in [4.69, 9.17) is 4.74 Å². The molecule has 0 aromatic heterocycles. The quantitative estimate of drug-likeness (QED) is 0.912. The number of benzene rings is 1. The zero-order valence-corrected chi connectivity index (χ0v) is 13.6. The van der Waals surface area contributed by atoms with Gasteiger partial charge in [-0.1, -0.05) is 28.1 Å². The summed E-state index contributed by atoms with van der Waals surface area (Å²) in [5.74, 6) is 0.155. The van der Waals surface area contributed by atoms with E-state index in [9.17, 15) is 4.79 Å². The van der Waals surface area contributed by atoms with Crippen molar-refractivity contribution in [2.75, 3.05) is 26.3 Å². The lowest BCUT2D eigenvalue weighted by atomic mass is 10.1. The third-order valence-electron chi connectivity index (χ3n) is 3.53. The molecule has 1 aromatic carbocycles. The Balaban J connectivity index is 1.85. The van der Waals surface area contributed by atoms with Gasteiger partial charge in [-0.3, -0.25) is 4.79 Å². The minimum atomic E-state index is -0.169. The number of ether oxygens (including phenoxy) is 1. The molecule has 1 aromatic rings. The van der Waals surface area contributed by atoms with Gasteiger partial charge in [-0.15, -0.1) is 0 Å². The molecule has 1 unspecified atom stereocenters. The van der Waals surface area contributed by atoms with Crippen molar-refractivity contribution >= 4 is 21.8 Å². The number of carbonyl (C=O) groups excluding carboxylic acids is 1. The highest BCUT2D eigenvalue weighted by atomic mass is 79.9. The predicted molar refractivity (Wildman–Crippen MR) is 82.6 cm³/mol. The minimum absolute atomic E-state index is 0.155. The molecular weight excluding hydrogens is 320 g/mol. The number of halogens is 1. The smallest absolute Gasteiger partial charge is 0.239 e. The van der Waals surface area contributed by atoms with E-state index >= 15 is 0 Å². The summed E-state index contributed by atoms with van der Waals surface area (Å²) in [5, 5.41) is 3.30. The van der Waals surface area contributed by atoms with E-state index < -0.39 is 0 Å². The largest absolute Gasteiger partial charge is 0.378 e. The van der Waals surface area contributed by atoms with E-state index in [1.54, 1.807) is 0 Å². The summed E-state index contributed by atoms with van der Waals surface area (Å²) in [6.45, 7) is 7.37. The topological polar surface area (TPSA) is 41.6 Å². The second-order valence-electron chi connectivity index (χ2n) is 5.12. The lowest BCUT2D eigenvalue weighted by Crippen LogP contribution is -2.49. The molecule has 1 saturated heterocycles. The van der Waals surface area contributed by atoms with Crippen molar-refractivity contribution in [1.82, 2.24) is 10.2 Å². The number of hydrogen-bond donors (Lipinski definition) is 1. The van der Waals surface area contributed by atoms with Crippen molar-refractivity contribution in [2.24, 2.45) is 0 Å². The first-order chi connectivity index (χ1) is 9.58. The molecule has 1 aliphatic heterocycles. The van der Waals surface area contributed by atoms with E-state index in [0.717, 1.165) is 4.47 Å². The first kappa shape index (κ1) is 15.5. The van der Waals surface area contributed by atoms with Crippen LogP contribution in [0.5, 0.6) is 0 Å². The van der Waals surface area contributed by atoms with Gasteiger partial charge >= 0.3 is 0 Å². The molecule has 110 valence electrons. The summed E-state index contributed by atoms with van der Waals surface area (Å²) in [5.41, 5.74) is 2.39. The van der Waals surface area contributed by atoms with Crippen LogP contribution in [0.15, 0.2) is 22.7 Å². The maximum Gasteiger partial charge on any atom is 0.239 e. The van der Waals surface area contributed by atoms with Gasteiger partial charge in [0, 0.05) is 24.1 Å². The second kappa shape index (κ2) is 7.20. The Labute approximate surface area is 128 Å². The van der Waals surface area contributed by atoms with Gasteiger partial charge in [0.05, 0.1) is 19.3 Å². The van der Waals surface area contributed by atoms with Gasteiger partial charge in [0.15, 0.2) is 0 Å². The summed E-state index contributed by atoms with van der Waals surface area (Å²) in [4.78, 5) is 14.1. The summed E-state index contributed by atoms with van der Waals surface area (Å²) < 4.78 is 6.37. The maximum atomic E-state index is 12.2. The SMILES string of the molecule is Cc1cc(CNC(C)C(=O)N2CCOCC2)ccc1Br. The molecule has 0 radical (unpaired) electrons. The van der Waals surface area contributed by atoms with Crippen molar-refractivity contribution in [1.29, 1.82) is 0 Å². The number of nitrogens with zero attached hydrogens (tertiary/aromatic N) is 1. The van der Waals surface area contributed by atoms with E-state index in [0.29, 0.717) is 32.8 Å². The van der Waals surface area contributed by atoms with Crippen molar-refractivity contribution < 1.29 is 9.53 Å². The predicted octanol–water partition coefficient (Wildman–Crippen LogP) is 2.09. The highest BCUT2D eigenvalue weighted by Crippen LogP contribution is 2.17. The fourth-order valence-corrected chi connectivity index (χ4v) is 2.48. The van der Waals surface area contributed by atoms with Gasteiger partial charge in [0.25, 0.3) is 0 Å². The molecule has 1 fully saturated rings. The fraction of sp³-hybridized carbons (Fsp3) is 0.533. The highest BCUT2D eigenvalue weighted by Gasteiger charge is 2.21. The van der Waals surface area contributed by atoms with Crippen molar-refractivity contribution in [3.05, 3.63) is 33.8 Å². The van der Waals surface area contributed by atoms with Gasteiger partial charge in [0.1, 0.15) is 0 Å². The zero-order chi connectivity index (χ0) is 14.5. The molecule has 4 nitrogen and oxygen atoms in total. The molecule has 20 heavy (non-hydrogen) atoms. The molecule has 1 heterocycles. The maximum absolute atomic E-state index is 12.2. The molecule has 5 heteroatoms. The Morgan fingerprint density at radius 3 is 2.80 bits per heavy atom. The van der Waals surface area contributed by atoms with Crippen LogP contribution >= 0.6 is 15.9 Å². The molecule has 1 N–H and O–H groups in total. The Bertz CT molecular complexity index is 473. The van der Waals surface area contributed by atoms with Crippen molar-refractivity contribution in [3.63, 3.8) is 0 Å². The Morgan fingerprint density at radius 2 is 2.15 bits per heavy atom. The van der Waals surface area contributed by atoms with Crippen LogP contribution in [0.3, 0.4) is 0 Å². The molecule has 0 aliphatic carbocycles. The highest BCUT2D eigenvalue weighted by molar-refractivity contribution is 9.10. The second-order valence-corrected chi connectivity index (χ2v) is 5.98. The number of nitrogens with one attached hydrogen (secondary N) is 1. The first-order valence-electron chi connectivity index (χ1n) is 6.93. The lowest BCUT2D eigenvalue weighted by Gasteiger charge is -2.29. The molecule has 0 saturated carbocycles. The molecule has 0 bridgehead atoms. The number of hydrogen-bond acceptors (Lipinski definition) is 3. The first-order valence-corrected chi connectivity index (χ1v) is 7.72. The molecule has 2 rings (SSSR count). The van der Waals surface area contributed by atoms with Crippen LogP contribution in [0.4, 0.5) is 0 Å². The summed E-state index contributed by atoms with van der Waals surface area (Å²) >= 11 is 3.49. The normalized spacial score (nSPS) is 17.1. The Hall–Kier alpha value is -0.910. The van der Waals surface area contributed by atoms with Crippen LogP contribution in [0.1, 0.15) is 18.1 Å². The van der Waals surface area contributed by atoms with E-state index in [1.165, 1.54) is 11.1 Å². The molecule has 1 atom stereocenters. The van der Waals surface area contributed by atoms with E-state index in [1.807, 2.05) is 17.9 Å². The van der Waals surface area contributed by atoms with Crippen molar-refractivity contribution in [2.45, 2.75) is 26.4 Å². The van der Waals surface area contributed by atoms with E-state index in [-0.39, 0.29) is 11.9 Å². The summed E-state index contributed by atoms with van der Waals surface area (Å²) in [7, 11) is 0. The fourth-order valence-electron chi connectivity index (χ4n) is 2.23. The number of aryl methyl sites for hydroxylation is 1. The van der Waals surface area contributed by atoms with Crippen LogP contribution < -0.4 is 5.32 Å². The van der Waals surface area contributed by atoms with Crippen LogP contribution in [0.25, 0.3) is 0 Å². The van der Waals surface area contributed by atoms with Crippen LogP contribution in [-0.4, -0.2) is 43.2 Å². The standard InChI is InChI=1S/C15H21BrN2O2/c1-11-9-13(3-4-14(11)16)10-17-12(2)15(19)18-5-7-20-8-6-18/h3-4,9,12,17H,5-8,10H2,1-2H3. The van der Waals surface area contributed by atoms with Crippen molar-refractivity contribution in [3.8, 4) is 0 Å². The van der Waals surface area contributed by atoms with Crippen LogP contribution in [-0.2, 0) is 16.1 Å². The van der Waals surface area contributed by atoms with E-state index in [2.05, 4.69) is 40.3 Å². The van der Waals surface area contributed by atoms with Gasteiger partial charge < -0.3 is 15.0 Å². The van der Waals surface area contributed by atoms with Crippen LogP contribution in [0.2, 0.25) is 0 Å². The molecular formula is C15H21BrN2O2. The third kappa shape index (κ3) is 4.04. The molecule has 1 aliphatic rings. The molecule has 0 spiro atoms. The number of morpholine rings is 1. The average molecular weight is 341 g/mol. The monoisotopic (exact) mass is 340 g/mol. The van der Waals surface area contributed by atoms with Gasteiger partial charge in [-0.05, 0) is 31.0 Å². The third-order valence-corrected chi connectivity index (χ3v) is 4.42. The molecule has 1 amide bonds. The minimum Gasteiger partial charge on any atom is -0.378 e. The average Bonchev–Trinajstić information content (AvgIpc) is 2.48. The van der Waals surface area contributed by atoms with Gasteiger partial charge in [-0.25, -0.2) is 0 Å². The van der Waals surface area contributed by atoms with Gasteiger partial charge in [-0.2, -0.15) is 0 Å². The summed E-state index contributed by atoms with van der Waals surface area (Å²) in [6.07, 6.45) is 0. The summed E-state index contributed by atoms with van der Waals surface area (Å²) in [6, 6.07) is 6.07. The number of rotatable bonds is 4. The number of carbonyl (C=O) groups is 1. The van der Waals surface area contributed by atoms with Crippen LogP contribution in [0, 0.1) is 6.92 Å². The zero-order valence-electron chi connectivity index (χ0n) is 12.0. The Morgan fingerprint density at radius 1 is 1.45 bits per heavy atom. The Kier molecular flexibility index (Phi) is 5.57. The van der Waals surface area contributed by atoms with Gasteiger partial charge in [0.2, 0.25) is 5.91 Å².